The fourth-order valence-corrected chi connectivity index (χ4v) is 4.78. The van der Waals surface area contributed by atoms with Crippen LogP contribution in [0.2, 0.25) is 0 Å². The first-order valence-corrected chi connectivity index (χ1v) is 13.6. The molecule has 1 aliphatic heterocycles. The molecule has 5 rings (SSSR count). The molecular weight excluding hydrogens is 538 g/mol. The number of ether oxygens (including phenoxy) is 1. The highest BCUT2D eigenvalue weighted by atomic mass is 35.5. The van der Waals surface area contributed by atoms with Crippen molar-refractivity contribution in [1.82, 2.24) is 4.90 Å². The topological polar surface area (TPSA) is 79.0 Å². The van der Waals surface area contributed by atoms with Crippen molar-refractivity contribution in [3.63, 3.8) is 0 Å². The van der Waals surface area contributed by atoms with Crippen molar-refractivity contribution in [2.45, 2.75) is 20.0 Å². The quantitative estimate of drug-likeness (QED) is 0.226. The van der Waals surface area contributed by atoms with E-state index >= 15 is 0 Å². The molecule has 0 radical (unpaired) electrons. The number of nitrogens with one attached hydrogen (secondary N) is 1. The normalized spacial score (nSPS) is 13.0. The minimum Gasteiger partial charge on any atom is -0.494 e. The van der Waals surface area contributed by atoms with Crippen LogP contribution in [0.4, 0.5) is 11.4 Å². The van der Waals surface area contributed by atoms with Gasteiger partial charge in [-0.25, -0.2) is 4.90 Å². The van der Waals surface area contributed by atoms with Crippen LogP contribution < -0.4 is 15.0 Å². The van der Waals surface area contributed by atoms with E-state index in [2.05, 4.69) is 5.32 Å². The highest BCUT2D eigenvalue weighted by molar-refractivity contribution is 6.53. The lowest BCUT2D eigenvalue weighted by molar-refractivity contribution is -0.120. The third-order valence-corrected chi connectivity index (χ3v) is 6.88. The Balaban J connectivity index is 1.36. The van der Waals surface area contributed by atoms with Gasteiger partial charge in [-0.15, -0.1) is 0 Å². The molecule has 7 nitrogen and oxygen atoms in total. The molecule has 1 heterocycles. The van der Waals surface area contributed by atoms with Crippen LogP contribution in [-0.2, 0) is 22.7 Å². The van der Waals surface area contributed by atoms with Crippen LogP contribution in [0.3, 0.4) is 0 Å². The van der Waals surface area contributed by atoms with E-state index < -0.39 is 11.8 Å². The molecule has 0 bridgehead atoms. The molecule has 4 aromatic carbocycles. The van der Waals surface area contributed by atoms with Crippen molar-refractivity contribution in [2.24, 2.45) is 0 Å². The van der Waals surface area contributed by atoms with Crippen LogP contribution in [0.5, 0.6) is 5.75 Å². The summed E-state index contributed by atoms with van der Waals surface area (Å²) in [5.41, 5.74) is 3.22. The summed E-state index contributed by atoms with van der Waals surface area (Å²) in [5.74, 6) is -0.766. The fraction of sp³-hybridized carbons (Fsp3) is 0.121. The smallest absolute Gasteiger partial charge is 0.283 e. The van der Waals surface area contributed by atoms with Gasteiger partial charge in [0.1, 0.15) is 16.5 Å². The summed E-state index contributed by atoms with van der Waals surface area (Å²) < 4.78 is 5.44. The van der Waals surface area contributed by atoms with E-state index in [0.717, 1.165) is 16.0 Å². The SMILES string of the molecule is CCOc1ccc(N2C(=O)C(Cl)=C(Nc3cccc(C(=O)N(Cc4ccccc4)Cc4ccccc4)c3)C2=O)cc1. The maximum absolute atomic E-state index is 13.8. The van der Waals surface area contributed by atoms with E-state index in [1.54, 1.807) is 53.4 Å². The van der Waals surface area contributed by atoms with E-state index in [0.29, 0.717) is 42.4 Å². The van der Waals surface area contributed by atoms with Gasteiger partial charge in [0.05, 0.1) is 12.3 Å². The molecule has 0 aliphatic carbocycles. The summed E-state index contributed by atoms with van der Waals surface area (Å²) in [6.45, 7) is 3.22. The number of benzene rings is 4. The molecule has 4 aromatic rings. The van der Waals surface area contributed by atoms with E-state index in [9.17, 15) is 14.4 Å². The fourth-order valence-electron chi connectivity index (χ4n) is 4.57. The Bertz CT molecular complexity index is 1550. The predicted octanol–water partition coefficient (Wildman–Crippen LogP) is 6.36. The van der Waals surface area contributed by atoms with E-state index in [1.807, 2.05) is 67.6 Å². The molecule has 0 fully saturated rings. The maximum atomic E-state index is 13.8. The Kier molecular flexibility index (Phi) is 8.46. The van der Waals surface area contributed by atoms with E-state index in [1.165, 1.54) is 0 Å². The second kappa shape index (κ2) is 12.5. The highest BCUT2D eigenvalue weighted by Gasteiger charge is 2.39. The predicted molar refractivity (Wildman–Crippen MR) is 160 cm³/mol. The molecule has 41 heavy (non-hydrogen) atoms. The number of amides is 3. The maximum Gasteiger partial charge on any atom is 0.283 e. The van der Waals surface area contributed by atoms with Gasteiger partial charge in [-0.1, -0.05) is 78.3 Å². The number of rotatable bonds is 10. The van der Waals surface area contributed by atoms with Gasteiger partial charge in [0.15, 0.2) is 0 Å². The van der Waals surface area contributed by atoms with Crippen LogP contribution in [0.25, 0.3) is 0 Å². The molecular formula is C33H28ClN3O4. The molecule has 0 saturated heterocycles. The van der Waals surface area contributed by atoms with Gasteiger partial charge in [0.2, 0.25) is 0 Å². The van der Waals surface area contributed by atoms with Gasteiger partial charge in [-0.05, 0) is 60.5 Å². The van der Waals surface area contributed by atoms with Crippen molar-refractivity contribution in [3.8, 4) is 5.75 Å². The number of nitrogens with zero attached hydrogens (tertiary/aromatic N) is 2. The number of imide groups is 1. The Morgan fingerprint density at radius 2 is 1.41 bits per heavy atom. The van der Waals surface area contributed by atoms with Crippen LogP contribution in [0.15, 0.2) is 120 Å². The van der Waals surface area contributed by atoms with Crippen LogP contribution >= 0.6 is 11.6 Å². The molecule has 0 saturated carbocycles. The van der Waals surface area contributed by atoms with Gasteiger partial charge in [-0.3, -0.25) is 14.4 Å². The summed E-state index contributed by atoms with van der Waals surface area (Å²) in [6, 6.07) is 33.0. The molecule has 1 N–H and O–H groups in total. The lowest BCUT2D eigenvalue weighted by Crippen LogP contribution is -2.32. The first-order valence-electron chi connectivity index (χ1n) is 13.2. The number of hydrogen-bond acceptors (Lipinski definition) is 5. The van der Waals surface area contributed by atoms with Gasteiger partial charge in [-0.2, -0.15) is 0 Å². The van der Waals surface area contributed by atoms with Gasteiger partial charge in [0, 0.05) is 24.3 Å². The Morgan fingerprint density at radius 1 is 0.805 bits per heavy atom. The molecule has 1 aliphatic rings. The highest BCUT2D eigenvalue weighted by Crippen LogP contribution is 2.31. The third kappa shape index (κ3) is 6.31. The van der Waals surface area contributed by atoms with Gasteiger partial charge >= 0.3 is 0 Å². The van der Waals surface area contributed by atoms with Gasteiger partial charge < -0.3 is 15.0 Å². The summed E-state index contributed by atoms with van der Waals surface area (Å²) in [4.78, 5) is 42.7. The van der Waals surface area contributed by atoms with Gasteiger partial charge in [0.25, 0.3) is 17.7 Å². The lowest BCUT2D eigenvalue weighted by atomic mass is 10.1. The van der Waals surface area contributed by atoms with Crippen LogP contribution in [0.1, 0.15) is 28.4 Å². The summed E-state index contributed by atoms with van der Waals surface area (Å²) in [7, 11) is 0. The van der Waals surface area contributed by atoms with E-state index in [-0.39, 0.29) is 16.6 Å². The number of carbonyl (C=O) groups is 3. The van der Waals surface area contributed by atoms with Crippen molar-refractivity contribution in [2.75, 3.05) is 16.8 Å². The van der Waals surface area contributed by atoms with E-state index in [4.69, 9.17) is 16.3 Å². The molecule has 8 heteroatoms. The summed E-state index contributed by atoms with van der Waals surface area (Å²) >= 11 is 6.34. The molecule has 0 spiro atoms. The van der Waals surface area contributed by atoms with Crippen LogP contribution in [0, 0.1) is 0 Å². The van der Waals surface area contributed by atoms with Crippen LogP contribution in [-0.4, -0.2) is 29.2 Å². The average molecular weight is 566 g/mol. The second-order valence-corrected chi connectivity index (χ2v) is 9.78. The summed E-state index contributed by atoms with van der Waals surface area (Å²) in [6.07, 6.45) is 0. The zero-order valence-corrected chi connectivity index (χ0v) is 23.2. The zero-order valence-electron chi connectivity index (χ0n) is 22.4. The Hall–Kier alpha value is -4.88. The third-order valence-electron chi connectivity index (χ3n) is 6.53. The first-order chi connectivity index (χ1) is 19.9. The average Bonchev–Trinajstić information content (AvgIpc) is 3.21. The second-order valence-electron chi connectivity index (χ2n) is 9.40. The number of anilines is 2. The molecule has 3 amide bonds. The largest absolute Gasteiger partial charge is 0.494 e. The zero-order chi connectivity index (χ0) is 28.8. The minimum absolute atomic E-state index is 0.0550. The molecule has 206 valence electrons. The van der Waals surface area contributed by atoms with Crippen molar-refractivity contribution < 1.29 is 19.1 Å². The lowest BCUT2D eigenvalue weighted by Gasteiger charge is -2.23. The van der Waals surface area contributed by atoms with Crippen molar-refractivity contribution in [1.29, 1.82) is 0 Å². The standard InChI is InChI=1S/C33H28ClN3O4/c1-2-41-28-18-16-27(17-19-28)37-32(39)29(34)30(33(37)40)35-26-15-9-14-25(20-26)31(38)36(21-23-10-5-3-6-11-23)22-24-12-7-4-8-13-24/h3-20,35H,2,21-22H2,1H3. The van der Waals surface area contributed by atoms with Crippen molar-refractivity contribution >= 4 is 40.7 Å². The monoisotopic (exact) mass is 565 g/mol. The molecule has 0 aromatic heterocycles. The molecule has 0 atom stereocenters. The summed E-state index contributed by atoms with van der Waals surface area (Å²) in [5, 5.41) is 2.75. The number of carbonyl (C=O) groups excluding carboxylic acids is 3. The first kappa shape index (κ1) is 27.7. The number of hydrogen-bond donors (Lipinski definition) is 1. The Morgan fingerprint density at radius 3 is 2.00 bits per heavy atom. The molecule has 0 unspecified atom stereocenters. The minimum atomic E-state index is -0.632. The van der Waals surface area contributed by atoms with Crippen molar-refractivity contribution in [3.05, 3.63) is 137 Å². The number of halogens is 1. The Labute approximate surface area is 243 Å².